The zero-order chi connectivity index (χ0) is 19.7. The summed E-state index contributed by atoms with van der Waals surface area (Å²) < 4.78 is 41.7. The third-order valence-electron chi connectivity index (χ3n) is 5.27. The van der Waals surface area contributed by atoms with Crippen molar-refractivity contribution >= 4 is 16.9 Å². The van der Waals surface area contributed by atoms with Gasteiger partial charge in [-0.25, -0.2) is 4.98 Å². The summed E-state index contributed by atoms with van der Waals surface area (Å²) in [5.41, 5.74) is 1.49. The maximum Gasteiger partial charge on any atom is 0.449 e. The number of hydrogen-bond acceptors (Lipinski definition) is 2. The lowest BCUT2D eigenvalue weighted by atomic mass is 9.96. The van der Waals surface area contributed by atoms with Gasteiger partial charge in [0.05, 0.1) is 11.0 Å². The van der Waals surface area contributed by atoms with Crippen molar-refractivity contribution in [3.63, 3.8) is 0 Å². The van der Waals surface area contributed by atoms with Crippen LogP contribution in [0.15, 0.2) is 54.6 Å². The quantitative estimate of drug-likeness (QED) is 0.658. The lowest BCUT2D eigenvalue weighted by Crippen LogP contribution is -2.39. The minimum Gasteiger partial charge on any atom is -0.339 e. The molecular weight excluding hydrogens is 367 g/mol. The van der Waals surface area contributed by atoms with Gasteiger partial charge in [0.2, 0.25) is 5.82 Å². The molecule has 0 radical (unpaired) electrons. The van der Waals surface area contributed by atoms with Gasteiger partial charge in [-0.1, -0.05) is 30.3 Å². The van der Waals surface area contributed by atoms with Gasteiger partial charge in [0.1, 0.15) is 0 Å². The molecule has 7 heteroatoms. The van der Waals surface area contributed by atoms with Crippen LogP contribution in [0.4, 0.5) is 13.2 Å². The van der Waals surface area contributed by atoms with Gasteiger partial charge in [-0.3, -0.25) is 4.79 Å². The maximum absolute atomic E-state index is 13.5. The van der Waals surface area contributed by atoms with Gasteiger partial charge in [-0.15, -0.1) is 0 Å². The maximum atomic E-state index is 13.5. The highest BCUT2D eigenvalue weighted by Crippen LogP contribution is 2.33. The van der Waals surface area contributed by atoms with Crippen LogP contribution in [-0.4, -0.2) is 33.4 Å². The molecule has 4 rings (SSSR count). The van der Waals surface area contributed by atoms with Crippen LogP contribution in [-0.2, 0) is 12.7 Å². The Morgan fingerprint density at radius 1 is 1.00 bits per heavy atom. The number of aromatic nitrogens is 2. The van der Waals surface area contributed by atoms with E-state index in [0.29, 0.717) is 42.5 Å². The number of imidazole rings is 1. The largest absolute Gasteiger partial charge is 0.449 e. The number of rotatable bonds is 3. The van der Waals surface area contributed by atoms with Crippen molar-refractivity contribution in [1.82, 2.24) is 14.5 Å². The molecule has 2 aromatic carbocycles. The molecule has 4 nitrogen and oxygen atoms in total. The number of benzene rings is 2. The normalized spacial score (nSPS) is 15.9. The highest BCUT2D eigenvalue weighted by Gasteiger charge is 2.38. The van der Waals surface area contributed by atoms with E-state index >= 15 is 0 Å². The van der Waals surface area contributed by atoms with E-state index in [0.717, 1.165) is 0 Å². The summed E-state index contributed by atoms with van der Waals surface area (Å²) in [5, 5.41) is 0. The molecule has 1 aliphatic heterocycles. The number of fused-ring (bicyclic) bond motifs is 1. The van der Waals surface area contributed by atoms with Crippen molar-refractivity contribution in [2.24, 2.45) is 5.92 Å². The van der Waals surface area contributed by atoms with Crippen LogP contribution in [0, 0.1) is 5.92 Å². The molecule has 0 N–H and O–H groups in total. The highest BCUT2D eigenvalue weighted by atomic mass is 19.4. The number of carbonyl (C=O) groups is 1. The molecule has 1 fully saturated rings. The number of halogens is 3. The molecule has 0 aliphatic carbocycles. The third-order valence-corrected chi connectivity index (χ3v) is 5.27. The topological polar surface area (TPSA) is 38.1 Å². The molecule has 1 amide bonds. The van der Waals surface area contributed by atoms with Crippen molar-refractivity contribution in [1.29, 1.82) is 0 Å². The summed E-state index contributed by atoms with van der Waals surface area (Å²) in [7, 11) is 0. The Morgan fingerprint density at radius 3 is 2.32 bits per heavy atom. The number of alkyl halides is 3. The second-order valence-corrected chi connectivity index (χ2v) is 7.13. The van der Waals surface area contributed by atoms with Gasteiger partial charge in [-0.2, -0.15) is 13.2 Å². The van der Waals surface area contributed by atoms with Gasteiger partial charge in [0.15, 0.2) is 0 Å². The van der Waals surface area contributed by atoms with Crippen molar-refractivity contribution in [2.75, 3.05) is 13.1 Å². The second kappa shape index (κ2) is 7.30. The Bertz CT molecular complexity index is 973. The van der Waals surface area contributed by atoms with Crippen LogP contribution in [0.2, 0.25) is 0 Å². The summed E-state index contributed by atoms with van der Waals surface area (Å²) >= 11 is 0. The van der Waals surface area contributed by atoms with Crippen LogP contribution in [0.3, 0.4) is 0 Å². The van der Waals surface area contributed by atoms with Crippen molar-refractivity contribution in [2.45, 2.75) is 25.6 Å². The Labute approximate surface area is 160 Å². The number of amides is 1. The fourth-order valence-corrected chi connectivity index (χ4v) is 3.82. The van der Waals surface area contributed by atoms with Crippen LogP contribution in [0.1, 0.15) is 29.0 Å². The van der Waals surface area contributed by atoms with Gasteiger partial charge in [0.25, 0.3) is 5.91 Å². The molecule has 1 aliphatic rings. The molecule has 0 unspecified atom stereocenters. The number of hydrogen-bond donors (Lipinski definition) is 0. The first-order valence-electron chi connectivity index (χ1n) is 9.30. The lowest BCUT2D eigenvalue weighted by Gasteiger charge is -2.32. The Kier molecular flexibility index (Phi) is 4.83. The number of carbonyl (C=O) groups excluding carboxylic acids is 1. The van der Waals surface area contributed by atoms with Crippen LogP contribution in [0.5, 0.6) is 0 Å². The molecule has 146 valence electrons. The fraction of sp³-hybridized carbons (Fsp3) is 0.333. The van der Waals surface area contributed by atoms with Gasteiger partial charge in [-0.05, 0) is 43.0 Å². The van der Waals surface area contributed by atoms with E-state index in [1.807, 2.05) is 18.2 Å². The van der Waals surface area contributed by atoms with Gasteiger partial charge in [0, 0.05) is 25.2 Å². The van der Waals surface area contributed by atoms with E-state index in [1.54, 1.807) is 41.3 Å². The fourth-order valence-electron chi connectivity index (χ4n) is 3.82. The summed E-state index contributed by atoms with van der Waals surface area (Å²) in [6, 6.07) is 15.7. The SMILES string of the molecule is O=C(c1ccccc1)N1CCC(Cn2c(C(F)(F)F)nc3ccccc32)CC1. The summed E-state index contributed by atoms with van der Waals surface area (Å²) in [5.74, 6) is -0.807. The number of para-hydroxylation sites is 2. The lowest BCUT2D eigenvalue weighted by molar-refractivity contribution is -0.147. The molecule has 3 aromatic rings. The second-order valence-electron chi connectivity index (χ2n) is 7.13. The van der Waals surface area contributed by atoms with E-state index in [1.165, 1.54) is 4.57 Å². The summed E-state index contributed by atoms with van der Waals surface area (Å²) in [6.07, 6.45) is -3.16. The molecule has 0 saturated carbocycles. The predicted octanol–water partition coefficient (Wildman–Crippen LogP) is 4.61. The summed E-state index contributed by atoms with van der Waals surface area (Å²) in [6.45, 7) is 1.35. The standard InChI is InChI=1S/C21H20F3N3O/c22-21(23,24)20-25-17-8-4-5-9-18(17)27(20)14-15-10-12-26(13-11-15)19(28)16-6-2-1-3-7-16/h1-9,15H,10-14H2. The molecule has 0 atom stereocenters. The third kappa shape index (κ3) is 3.61. The minimum atomic E-state index is -4.50. The molecule has 1 aromatic heterocycles. The molecule has 1 saturated heterocycles. The number of piperidine rings is 1. The Balaban J connectivity index is 1.49. The highest BCUT2D eigenvalue weighted by molar-refractivity contribution is 5.94. The average Bonchev–Trinajstić information content (AvgIpc) is 3.08. The zero-order valence-electron chi connectivity index (χ0n) is 15.2. The first kappa shape index (κ1) is 18.5. The molecule has 28 heavy (non-hydrogen) atoms. The van der Waals surface area contributed by atoms with Crippen molar-refractivity contribution in [3.8, 4) is 0 Å². The van der Waals surface area contributed by atoms with Crippen LogP contribution >= 0.6 is 0 Å². The van der Waals surface area contributed by atoms with E-state index in [-0.39, 0.29) is 18.4 Å². The van der Waals surface area contributed by atoms with E-state index < -0.39 is 12.0 Å². The Hall–Kier alpha value is -2.83. The average molecular weight is 387 g/mol. The molecular formula is C21H20F3N3O. The monoisotopic (exact) mass is 387 g/mol. The van der Waals surface area contributed by atoms with E-state index in [9.17, 15) is 18.0 Å². The first-order chi connectivity index (χ1) is 13.4. The zero-order valence-corrected chi connectivity index (χ0v) is 15.2. The first-order valence-corrected chi connectivity index (χ1v) is 9.30. The smallest absolute Gasteiger partial charge is 0.339 e. The van der Waals surface area contributed by atoms with Crippen molar-refractivity contribution in [3.05, 3.63) is 66.0 Å². The summed E-state index contributed by atoms with van der Waals surface area (Å²) in [4.78, 5) is 18.1. The Morgan fingerprint density at radius 2 is 1.64 bits per heavy atom. The van der Waals surface area contributed by atoms with Crippen LogP contribution in [0.25, 0.3) is 11.0 Å². The van der Waals surface area contributed by atoms with Gasteiger partial charge < -0.3 is 9.47 Å². The van der Waals surface area contributed by atoms with E-state index in [4.69, 9.17) is 0 Å². The molecule has 0 spiro atoms. The minimum absolute atomic E-state index is 0.0249. The van der Waals surface area contributed by atoms with Crippen molar-refractivity contribution < 1.29 is 18.0 Å². The predicted molar refractivity (Wildman–Crippen MR) is 99.8 cm³/mol. The number of likely N-dealkylation sites (tertiary alicyclic amines) is 1. The van der Waals surface area contributed by atoms with E-state index in [2.05, 4.69) is 4.98 Å². The van der Waals surface area contributed by atoms with Gasteiger partial charge >= 0.3 is 6.18 Å². The molecule has 0 bridgehead atoms. The number of nitrogens with zero attached hydrogens (tertiary/aromatic N) is 3. The van der Waals surface area contributed by atoms with Crippen LogP contribution < -0.4 is 0 Å². The molecule has 2 heterocycles.